The lowest BCUT2D eigenvalue weighted by Crippen LogP contribution is -2.48. The van der Waals surface area contributed by atoms with Crippen LogP contribution >= 0.6 is 0 Å². The van der Waals surface area contributed by atoms with Gasteiger partial charge >= 0.3 is 0 Å². The number of nitrogens with two attached hydrogens (primary N) is 1. The van der Waals surface area contributed by atoms with E-state index in [4.69, 9.17) is 15.5 Å². The highest BCUT2D eigenvalue weighted by molar-refractivity contribution is 6.05. The highest BCUT2D eigenvalue weighted by Crippen LogP contribution is 2.29. The van der Waals surface area contributed by atoms with Crippen LogP contribution in [0, 0.1) is 12.7 Å². The zero-order chi connectivity index (χ0) is 22.0. The van der Waals surface area contributed by atoms with Gasteiger partial charge in [-0.25, -0.2) is 14.4 Å². The molecule has 0 saturated carbocycles. The van der Waals surface area contributed by atoms with E-state index in [0.717, 1.165) is 57.4 Å². The Labute approximate surface area is 182 Å². The summed E-state index contributed by atoms with van der Waals surface area (Å²) in [6, 6.07) is 6.04. The van der Waals surface area contributed by atoms with Crippen LogP contribution in [0.2, 0.25) is 0 Å². The van der Waals surface area contributed by atoms with Crippen LogP contribution < -0.4 is 16.0 Å². The maximum atomic E-state index is 14.2. The monoisotopic (exact) mass is 429 g/mol. The third-order valence-electron chi connectivity index (χ3n) is 6.24. The SMILES string of the molecule is Cc1c(F)ccc2cc(/C(N)=N/C(C)O)c(N3CCC(NC4CCOCC4)CC3)nc12. The lowest BCUT2D eigenvalue weighted by molar-refractivity contribution is 0.0738. The van der Waals surface area contributed by atoms with Crippen molar-refractivity contribution in [3.05, 3.63) is 35.1 Å². The average molecular weight is 430 g/mol. The van der Waals surface area contributed by atoms with E-state index >= 15 is 0 Å². The van der Waals surface area contributed by atoms with Gasteiger partial charge in [-0.05, 0) is 57.7 Å². The first-order valence-electron chi connectivity index (χ1n) is 11.1. The number of pyridine rings is 1. The predicted octanol–water partition coefficient (Wildman–Crippen LogP) is 2.46. The van der Waals surface area contributed by atoms with E-state index in [0.29, 0.717) is 34.5 Å². The van der Waals surface area contributed by atoms with E-state index in [-0.39, 0.29) is 11.7 Å². The van der Waals surface area contributed by atoms with Gasteiger partial charge in [0.05, 0.1) is 11.1 Å². The van der Waals surface area contributed by atoms with Crippen molar-refractivity contribution in [2.24, 2.45) is 10.7 Å². The summed E-state index contributed by atoms with van der Waals surface area (Å²) >= 11 is 0. The molecule has 4 rings (SSSR count). The number of aliphatic hydroxyl groups excluding tert-OH is 1. The van der Waals surface area contributed by atoms with Gasteiger partial charge in [-0.3, -0.25) is 0 Å². The fraction of sp³-hybridized carbons (Fsp3) is 0.565. The number of nitrogens with one attached hydrogen (secondary N) is 1. The van der Waals surface area contributed by atoms with Crippen molar-refractivity contribution in [2.45, 2.75) is 57.8 Å². The number of nitrogens with zero attached hydrogens (tertiary/aromatic N) is 3. The lowest BCUT2D eigenvalue weighted by atomic mass is 10.00. The quantitative estimate of drug-likeness (QED) is 0.499. The molecule has 2 fully saturated rings. The molecule has 1 unspecified atom stereocenters. The minimum atomic E-state index is -0.909. The molecule has 2 aliphatic rings. The topological polar surface area (TPSA) is 96.0 Å². The van der Waals surface area contributed by atoms with Crippen LogP contribution in [0.15, 0.2) is 23.2 Å². The smallest absolute Gasteiger partial charge is 0.144 e. The minimum absolute atomic E-state index is 0.240. The van der Waals surface area contributed by atoms with Crippen LogP contribution in [0.3, 0.4) is 0 Å². The Morgan fingerprint density at radius 1 is 1.26 bits per heavy atom. The number of fused-ring (bicyclic) bond motifs is 1. The number of amidine groups is 1. The average Bonchev–Trinajstić information content (AvgIpc) is 2.76. The minimum Gasteiger partial charge on any atom is -0.383 e. The second-order valence-electron chi connectivity index (χ2n) is 8.56. The standard InChI is InChI=1S/C23H32FN5O2/c1-14-20(24)4-3-16-13-19(22(25)26-15(2)30)23(28-21(14)16)29-9-5-17(6-10-29)27-18-7-11-31-12-8-18/h3-4,13,15,17-18,27,30H,5-12H2,1-2H3,(H2,25,26). The van der Waals surface area contributed by atoms with Gasteiger partial charge in [-0.1, -0.05) is 0 Å². The van der Waals surface area contributed by atoms with E-state index in [2.05, 4.69) is 15.2 Å². The number of benzene rings is 1. The van der Waals surface area contributed by atoms with Crippen LogP contribution in [0.1, 0.15) is 43.7 Å². The number of rotatable bonds is 5. The Morgan fingerprint density at radius 2 is 1.94 bits per heavy atom. The van der Waals surface area contributed by atoms with Gasteiger partial charge in [0.15, 0.2) is 0 Å². The number of aliphatic imine (C=N–C) groups is 1. The molecular weight excluding hydrogens is 397 g/mol. The fourth-order valence-corrected chi connectivity index (χ4v) is 4.50. The van der Waals surface area contributed by atoms with Crippen molar-refractivity contribution in [3.8, 4) is 0 Å². The lowest BCUT2D eigenvalue weighted by Gasteiger charge is -2.37. The highest BCUT2D eigenvalue weighted by atomic mass is 19.1. The first-order valence-corrected chi connectivity index (χ1v) is 11.1. The first kappa shape index (κ1) is 21.9. The number of aliphatic hydroxyl groups is 1. The van der Waals surface area contributed by atoms with Gasteiger partial charge in [-0.2, -0.15) is 0 Å². The van der Waals surface area contributed by atoms with E-state index in [1.807, 2.05) is 6.07 Å². The zero-order valence-electron chi connectivity index (χ0n) is 18.3. The summed E-state index contributed by atoms with van der Waals surface area (Å²) in [5.41, 5.74) is 8.07. The molecule has 3 heterocycles. The number of aromatic nitrogens is 1. The number of ether oxygens (including phenoxy) is 1. The molecule has 4 N–H and O–H groups in total. The van der Waals surface area contributed by atoms with Gasteiger partial charge in [0.25, 0.3) is 0 Å². The molecular formula is C23H32FN5O2. The summed E-state index contributed by atoms with van der Waals surface area (Å²) in [6.45, 7) is 6.61. The Bertz CT molecular complexity index is 951. The Morgan fingerprint density at radius 3 is 2.61 bits per heavy atom. The maximum Gasteiger partial charge on any atom is 0.144 e. The molecule has 1 atom stereocenters. The predicted molar refractivity (Wildman–Crippen MR) is 121 cm³/mol. The Hall–Kier alpha value is -2.29. The van der Waals surface area contributed by atoms with Gasteiger partial charge in [0, 0.05) is 49.3 Å². The molecule has 0 spiro atoms. The largest absolute Gasteiger partial charge is 0.383 e. The van der Waals surface area contributed by atoms with Crippen molar-refractivity contribution in [3.63, 3.8) is 0 Å². The number of piperidine rings is 1. The molecule has 0 amide bonds. The van der Waals surface area contributed by atoms with Crippen LogP contribution in [0.5, 0.6) is 0 Å². The maximum absolute atomic E-state index is 14.2. The molecule has 7 nitrogen and oxygen atoms in total. The zero-order valence-corrected chi connectivity index (χ0v) is 18.3. The molecule has 1 aromatic heterocycles. The van der Waals surface area contributed by atoms with Crippen molar-refractivity contribution >= 4 is 22.6 Å². The van der Waals surface area contributed by atoms with Crippen molar-refractivity contribution in [1.29, 1.82) is 0 Å². The van der Waals surface area contributed by atoms with Crippen LogP contribution in [0.4, 0.5) is 10.2 Å². The van der Waals surface area contributed by atoms with E-state index in [1.54, 1.807) is 19.9 Å². The molecule has 0 bridgehead atoms. The van der Waals surface area contributed by atoms with E-state index in [1.165, 1.54) is 6.07 Å². The molecule has 0 radical (unpaired) electrons. The summed E-state index contributed by atoms with van der Waals surface area (Å²) in [6.07, 6.45) is 3.20. The summed E-state index contributed by atoms with van der Waals surface area (Å²) in [4.78, 5) is 11.2. The van der Waals surface area contributed by atoms with Crippen molar-refractivity contribution < 1.29 is 14.2 Å². The summed E-state index contributed by atoms with van der Waals surface area (Å²) < 4.78 is 19.6. The molecule has 1 aromatic carbocycles. The number of halogens is 1. The Balaban J connectivity index is 1.60. The molecule has 8 heteroatoms. The Kier molecular flexibility index (Phi) is 6.69. The van der Waals surface area contributed by atoms with Gasteiger partial charge in [0.2, 0.25) is 0 Å². The summed E-state index contributed by atoms with van der Waals surface area (Å²) in [5, 5.41) is 14.3. The van der Waals surface area contributed by atoms with E-state index in [9.17, 15) is 9.50 Å². The van der Waals surface area contributed by atoms with Crippen molar-refractivity contribution in [1.82, 2.24) is 10.3 Å². The van der Waals surface area contributed by atoms with Crippen LogP contribution in [-0.4, -0.2) is 60.5 Å². The molecule has 0 aliphatic carbocycles. The second-order valence-corrected chi connectivity index (χ2v) is 8.56. The summed E-state index contributed by atoms with van der Waals surface area (Å²) in [7, 11) is 0. The summed E-state index contributed by atoms with van der Waals surface area (Å²) in [5.74, 6) is 0.667. The van der Waals surface area contributed by atoms with Crippen molar-refractivity contribution in [2.75, 3.05) is 31.2 Å². The molecule has 168 valence electrons. The van der Waals surface area contributed by atoms with E-state index < -0.39 is 6.23 Å². The number of hydrogen-bond donors (Lipinski definition) is 3. The second kappa shape index (κ2) is 9.46. The van der Waals surface area contributed by atoms with Crippen LogP contribution in [-0.2, 0) is 4.74 Å². The van der Waals surface area contributed by atoms with Crippen LogP contribution in [0.25, 0.3) is 10.9 Å². The number of aryl methyl sites for hydroxylation is 1. The molecule has 31 heavy (non-hydrogen) atoms. The first-order chi connectivity index (χ1) is 14.9. The normalized spacial score (nSPS) is 20.4. The van der Waals surface area contributed by atoms with Gasteiger partial charge in [0.1, 0.15) is 23.7 Å². The van der Waals surface area contributed by atoms with Gasteiger partial charge < -0.3 is 25.8 Å². The third-order valence-corrected chi connectivity index (χ3v) is 6.24. The third kappa shape index (κ3) is 4.97. The molecule has 2 aromatic rings. The molecule has 2 aliphatic heterocycles. The highest BCUT2D eigenvalue weighted by Gasteiger charge is 2.26. The number of hydrogen-bond acceptors (Lipinski definition) is 6. The fourth-order valence-electron chi connectivity index (χ4n) is 4.50. The van der Waals surface area contributed by atoms with Gasteiger partial charge in [-0.15, -0.1) is 0 Å². The number of anilines is 1. The molecule has 2 saturated heterocycles.